The summed E-state index contributed by atoms with van der Waals surface area (Å²) in [5.41, 5.74) is -0.576. The number of amides is 1. The fourth-order valence-electron chi connectivity index (χ4n) is 3.46. The highest BCUT2D eigenvalue weighted by Crippen LogP contribution is 2.35. The van der Waals surface area contributed by atoms with Crippen LogP contribution in [0.5, 0.6) is 0 Å². The number of pyridine rings is 1. The Labute approximate surface area is 180 Å². The van der Waals surface area contributed by atoms with Gasteiger partial charge in [0.05, 0.1) is 15.8 Å². The van der Waals surface area contributed by atoms with Gasteiger partial charge in [-0.3, -0.25) is 4.79 Å². The van der Waals surface area contributed by atoms with Crippen molar-refractivity contribution in [2.24, 2.45) is 10.9 Å². The average Bonchev–Trinajstić information content (AvgIpc) is 3.24. The molecule has 0 atom stereocenters. The maximum absolute atomic E-state index is 13.6. The van der Waals surface area contributed by atoms with Crippen molar-refractivity contribution in [1.82, 2.24) is 9.55 Å². The van der Waals surface area contributed by atoms with E-state index in [1.165, 1.54) is 34.8 Å². The molecule has 0 N–H and O–H groups in total. The van der Waals surface area contributed by atoms with E-state index in [1.54, 1.807) is 5.38 Å². The van der Waals surface area contributed by atoms with Crippen LogP contribution in [-0.2, 0) is 18.1 Å². The molecule has 4 rings (SSSR count). The summed E-state index contributed by atoms with van der Waals surface area (Å²) in [6.45, 7) is 8.96. The Morgan fingerprint density at radius 2 is 2.00 bits per heavy atom. The number of carbonyl (C=O) groups is 1. The van der Waals surface area contributed by atoms with Gasteiger partial charge in [-0.25, -0.2) is 4.98 Å². The number of thiazole rings is 1. The highest BCUT2D eigenvalue weighted by molar-refractivity contribution is 7.17. The van der Waals surface area contributed by atoms with Gasteiger partial charge in [0.15, 0.2) is 10.5 Å². The second-order valence-corrected chi connectivity index (χ2v) is 10.6. The molecule has 0 bridgehead atoms. The molecule has 3 aromatic rings. The molecule has 3 heterocycles. The Morgan fingerprint density at radius 1 is 1.30 bits per heavy atom. The van der Waals surface area contributed by atoms with Crippen molar-refractivity contribution in [2.75, 3.05) is 0 Å². The number of alkyl halides is 3. The van der Waals surface area contributed by atoms with Gasteiger partial charge < -0.3 is 4.57 Å². The minimum absolute atomic E-state index is 0.147. The lowest BCUT2D eigenvalue weighted by molar-refractivity contribution is -0.141. The molecular weight excluding hydrogens is 431 g/mol. The number of fused-ring (bicyclic) bond motifs is 1. The Morgan fingerprint density at radius 3 is 2.60 bits per heavy atom. The first-order chi connectivity index (χ1) is 13.9. The van der Waals surface area contributed by atoms with Gasteiger partial charge in [0.1, 0.15) is 0 Å². The number of thiophene rings is 1. The van der Waals surface area contributed by atoms with E-state index in [1.807, 2.05) is 11.5 Å². The van der Waals surface area contributed by atoms with Crippen LogP contribution in [0.3, 0.4) is 0 Å². The summed E-state index contributed by atoms with van der Waals surface area (Å²) in [6, 6.07) is 2.78. The van der Waals surface area contributed by atoms with Crippen molar-refractivity contribution in [3.05, 3.63) is 44.1 Å². The minimum Gasteiger partial charge on any atom is -0.320 e. The van der Waals surface area contributed by atoms with E-state index in [0.717, 1.165) is 30.0 Å². The van der Waals surface area contributed by atoms with Crippen LogP contribution in [0, 0.1) is 12.8 Å². The lowest BCUT2D eigenvalue weighted by atomic mass is 9.93. The average molecular weight is 454 g/mol. The second-order valence-electron chi connectivity index (χ2n) is 8.71. The van der Waals surface area contributed by atoms with Gasteiger partial charge in [0.25, 0.3) is 5.91 Å². The fraction of sp³-hybridized carbons (Fsp3) is 0.476. The number of carbonyl (C=O) groups excluding carboxylic acids is 1. The molecule has 9 heteroatoms. The predicted octanol–water partition coefficient (Wildman–Crippen LogP) is 5.94. The fourth-order valence-corrected chi connectivity index (χ4v) is 5.42. The first-order valence-corrected chi connectivity index (χ1v) is 11.4. The van der Waals surface area contributed by atoms with Crippen molar-refractivity contribution >= 4 is 38.8 Å². The molecule has 30 heavy (non-hydrogen) atoms. The smallest absolute Gasteiger partial charge is 0.320 e. The zero-order chi connectivity index (χ0) is 21.8. The Kier molecular flexibility index (Phi) is 5.17. The highest BCUT2D eigenvalue weighted by atomic mass is 32.1. The van der Waals surface area contributed by atoms with Crippen molar-refractivity contribution in [2.45, 2.75) is 58.7 Å². The maximum Gasteiger partial charge on any atom is 0.434 e. The third-order valence-electron chi connectivity index (χ3n) is 5.11. The number of hydrogen-bond donors (Lipinski definition) is 0. The highest BCUT2D eigenvalue weighted by Gasteiger charge is 2.38. The number of rotatable bonds is 3. The topological polar surface area (TPSA) is 47.2 Å². The van der Waals surface area contributed by atoms with Gasteiger partial charge in [-0.1, -0.05) is 20.8 Å². The number of aromatic nitrogens is 2. The first-order valence-electron chi connectivity index (χ1n) is 9.70. The molecule has 0 aliphatic heterocycles. The molecule has 4 nitrogen and oxygen atoms in total. The quantitative estimate of drug-likeness (QED) is 0.493. The summed E-state index contributed by atoms with van der Waals surface area (Å²) in [7, 11) is 0. The summed E-state index contributed by atoms with van der Waals surface area (Å²) in [5, 5.41) is 1.66. The van der Waals surface area contributed by atoms with Crippen molar-refractivity contribution in [1.29, 1.82) is 0 Å². The van der Waals surface area contributed by atoms with E-state index in [2.05, 4.69) is 30.7 Å². The zero-order valence-corrected chi connectivity index (χ0v) is 18.8. The third kappa shape index (κ3) is 4.09. The summed E-state index contributed by atoms with van der Waals surface area (Å²) in [4.78, 5) is 22.4. The molecular formula is C21H22F3N3OS2. The normalized spacial score (nSPS) is 15.9. The molecule has 1 aliphatic carbocycles. The van der Waals surface area contributed by atoms with Crippen molar-refractivity contribution in [3.8, 4) is 0 Å². The second kappa shape index (κ2) is 7.30. The van der Waals surface area contributed by atoms with Gasteiger partial charge in [-0.15, -0.1) is 22.7 Å². The van der Waals surface area contributed by atoms with E-state index in [-0.39, 0.29) is 10.9 Å². The van der Waals surface area contributed by atoms with Crippen LogP contribution in [0.15, 0.2) is 22.5 Å². The molecule has 1 aliphatic rings. The van der Waals surface area contributed by atoms with E-state index >= 15 is 0 Å². The van der Waals surface area contributed by atoms with Gasteiger partial charge in [0, 0.05) is 17.1 Å². The molecule has 1 saturated carbocycles. The third-order valence-corrected chi connectivity index (χ3v) is 7.57. The van der Waals surface area contributed by atoms with Crippen LogP contribution in [0.1, 0.15) is 60.2 Å². The Bertz CT molecular complexity index is 1190. The molecule has 0 radical (unpaired) electrons. The molecule has 0 unspecified atom stereocenters. The summed E-state index contributed by atoms with van der Waals surface area (Å²) < 4.78 is 43.4. The first kappa shape index (κ1) is 21.2. The summed E-state index contributed by atoms with van der Waals surface area (Å²) in [5.74, 6) is -0.369. The van der Waals surface area contributed by atoms with Gasteiger partial charge >= 0.3 is 6.18 Å². The molecule has 0 aromatic carbocycles. The summed E-state index contributed by atoms with van der Waals surface area (Å²) >= 11 is 2.63. The van der Waals surface area contributed by atoms with Crippen LogP contribution < -0.4 is 4.80 Å². The van der Waals surface area contributed by atoms with Crippen LogP contribution in [-0.4, -0.2) is 15.5 Å². The van der Waals surface area contributed by atoms with Crippen LogP contribution in [0.25, 0.3) is 10.2 Å². The Balaban J connectivity index is 1.87. The zero-order valence-electron chi connectivity index (χ0n) is 17.1. The van der Waals surface area contributed by atoms with Crippen LogP contribution in [0.4, 0.5) is 13.2 Å². The summed E-state index contributed by atoms with van der Waals surface area (Å²) in [6.07, 6.45) is -2.49. The predicted molar refractivity (Wildman–Crippen MR) is 113 cm³/mol. The maximum atomic E-state index is 13.6. The lowest BCUT2D eigenvalue weighted by Crippen LogP contribution is -2.21. The standard InChI is InChI=1S/C21H22F3N3OS2/c1-11-17(20(2,3)4)30-19(27(11)10-12-5-6-12)26-18(28)13-9-15-14(7-8-29-15)25-16(13)21(22,23)24/h7-9,12H,5-6,10H2,1-4H3/b26-19-. The largest absolute Gasteiger partial charge is 0.434 e. The molecule has 0 spiro atoms. The molecule has 3 aromatic heterocycles. The monoisotopic (exact) mass is 453 g/mol. The lowest BCUT2D eigenvalue weighted by Gasteiger charge is -2.17. The van der Waals surface area contributed by atoms with E-state index in [4.69, 9.17) is 0 Å². The van der Waals surface area contributed by atoms with Crippen LogP contribution in [0.2, 0.25) is 0 Å². The van der Waals surface area contributed by atoms with Crippen molar-refractivity contribution < 1.29 is 18.0 Å². The number of halogens is 3. The van der Waals surface area contributed by atoms with Crippen molar-refractivity contribution in [3.63, 3.8) is 0 Å². The minimum atomic E-state index is -4.73. The van der Waals surface area contributed by atoms with E-state index in [0.29, 0.717) is 15.4 Å². The number of nitrogens with zero attached hydrogens (tertiary/aromatic N) is 3. The van der Waals surface area contributed by atoms with Gasteiger partial charge in [-0.2, -0.15) is 18.2 Å². The SMILES string of the molecule is Cc1c(C(C)(C)C)s/c(=N\C(=O)c2cc3sccc3nc2C(F)(F)F)n1CC1CC1. The Hall–Kier alpha value is -2.00. The molecule has 0 saturated heterocycles. The molecule has 1 fully saturated rings. The van der Waals surface area contributed by atoms with E-state index < -0.39 is 23.3 Å². The number of hydrogen-bond acceptors (Lipinski definition) is 4. The van der Waals surface area contributed by atoms with Crippen LogP contribution >= 0.6 is 22.7 Å². The van der Waals surface area contributed by atoms with Gasteiger partial charge in [-0.05, 0) is 48.6 Å². The molecule has 160 valence electrons. The van der Waals surface area contributed by atoms with Gasteiger partial charge in [0.2, 0.25) is 0 Å². The van der Waals surface area contributed by atoms with E-state index in [9.17, 15) is 18.0 Å². The molecule has 1 amide bonds.